The summed E-state index contributed by atoms with van der Waals surface area (Å²) in [5.41, 5.74) is 2.51. The van der Waals surface area contributed by atoms with Crippen LogP contribution in [0.25, 0.3) is 11.4 Å². The van der Waals surface area contributed by atoms with E-state index in [4.69, 9.17) is 4.74 Å². The maximum absolute atomic E-state index is 12.2. The third-order valence-electron chi connectivity index (χ3n) is 3.01. The van der Waals surface area contributed by atoms with E-state index in [-0.39, 0.29) is 6.54 Å². The third kappa shape index (κ3) is 4.10. The minimum Gasteiger partial charge on any atom is -0.370 e. The summed E-state index contributed by atoms with van der Waals surface area (Å²) in [5.74, 6) is 0.476. The zero-order chi connectivity index (χ0) is 15.9. The van der Waals surface area contributed by atoms with Crippen molar-refractivity contribution in [2.24, 2.45) is 0 Å². The summed E-state index contributed by atoms with van der Waals surface area (Å²) in [4.78, 5) is 1.31. The van der Waals surface area contributed by atoms with Crippen molar-refractivity contribution in [2.75, 3.05) is 6.67 Å². The highest BCUT2D eigenvalue weighted by molar-refractivity contribution is 5.53. The van der Waals surface area contributed by atoms with E-state index in [0.717, 1.165) is 11.1 Å². The molecule has 0 aliphatic carbocycles. The maximum atomic E-state index is 12.2. The SMILES string of the molecule is FCCn1ncc(COCc2ccc(-c3nncnn3)cc2)n1. The lowest BCUT2D eigenvalue weighted by Crippen LogP contribution is -2.04. The molecule has 0 aliphatic heterocycles. The Kier molecular flexibility index (Phi) is 4.89. The number of nitrogens with zero attached hydrogens (tertiary/aromatic N) is 7. The number of benzene rings is 1. The third-order valence-corrected chi connectivity index (χ3v) is 3.01. The average Bonchev–Trinajstić information content (AvgIpc) is 3.04. The Morgan fingerprint density at radius 3 is 2.57 bits per heavy atom. The van der Waals surface area contributed by atoms with E-state index in [1.165, 1.54) is 11.1 Å². The molecule has 3 rings (SSSR count). The fourth-order valence-electron chi connectivity index (χ4n) is 1.93. The standard InChI is InChI=1S/C14H14FN7O/c15-5-6-22-18-7-13(21-22)9-23-8-11-1-3-12(4-2-11)14-19-16-10-17-20-14/h1-4,7,10H,5-6,8-9H2. The van der Waals surface area contributed by atoms with E-state index in [1.54, 1.807) is 6.20 Å². The fraction of sp³-hybridized carbons (Fsp3) is 0.286. The molecule has 2 aromatic heterocycles. The molecule has 0 unspecified atom stereocenters. The summed E-state index contributed by atoms with van der Waals surface area (Å²) in [6.45, 7) is 0.427. The lowest BCUT2D eigenvalue weighted by Gasteiger charge is -2.03. The first-order valence-electron chi connectivity index (χ1n) is 6.97. The van der Waals surface area contributed by atoms with Crippen LogP contribution in [0.4, 0.5) is 4.39 Å². The van der Waals surface area contributed by atoms with E-state index in [9.17, 15) is 4.39 Å². The van der Waals surface area contributed by atoms with Crippen LogP contribution in [-0.2, 0) is 24.5 Å². The fourth-order valence-corrected chi connectivity index (χ4v) is 1.93. The molecule has 0 saturated heterocycles. The van der Waals surface area contributed by atoms with E-state index in [0.29, 0.717) is 24.7 Å². The van der Waals surface area contributed by atoms with Gasteiger partial charge >= 0.3 is 0 Å². The van der Waals surface area contributed by atoms with Gasteiger partial charge in [0.25, 0.3) is 0 Å². The van der Waals surface area contributed by atoms with Crippen molar-refractivity contribution in [1.82, 2.24) is 35.4 Å². The molecule has 0 radical (unpaired) electrons. The van der Waals surface area contributed by atoms with Crippen molar-refractivity contribution in [3.05, 3.63) is 48.0 Å². The van der Waals surface area contributed by atoms with Crippen molar-refractivity contribution < 1.29 is 9.13 Å². The normalized spacial score (nSPS) is 10.8. The molecule has 1 aromatic carbocycles. The van der Waals surface area contributed by atoms with Gasteiger partial charge in [-0.25, -0.2) is 4.39 Å². The van der Waals surface area contributed by atoms with Gasteiger partial charge in [-0.1, -0.05) is 24.3 Å². The first kappa shape index (κ1) is 15.1. The Balaban J connectivity index is 1.52. The van der Waals surface area contributed by atoms with Crippen LogP contribution >= 0.6 is 0 Å². The molecular weight excluding hydrogens is 301 g/mol. The van der Waals surface area contributed by atoms with E-state index >= 15 is 0 Å². The maximum Gasteiger partial charge on any atom is 0.203 e. The highest BCUT2D eigenvalue weighted by Crippen LogP contribution is 2.14. The molecule has 0 atom stereocenters. The van der Waals surface area contributed by atoms with Gasteiger partial charge < -0.3 is 4.74 Å². The largest absolute Gasteiger partial charge is 0.370 e. The number of aryl methyl sites for hydroxylation is 1. The number of ether oxygens (including phenoxy) is 1. The molecule has 118 valence electrons. The molecule has 0 N–H and O–H groups in total. The van der Waals surface area contributed by atoms with Crippen molar-refractivity contribution >= 4 is 0 Å². The zero-order valence-electron chi connectivity index (χ0n) is 12.2. The Hall–Kier alpha value is -2.81. The minimum absolute atomic E-state index is 0.159. The number of hydrogen-bond acceptors (Lipinski definition) is 7. The first-order valence-corrected chi connectivity index (χ1v) is 6.97. The van der Waals surface area contributed by atoms with Crippen LogP contribution in [0.2, 0.25) is 0 Å². The van der Waals surface area contributed by atoms with Crippen LogP contribution < -0.4 is 0 Å². The highest BCUT2D eigenvalue weighted by Gasteiger charge is 2.03. The second-order valence-corrected chi connectivity index (χ2v) is 4.68. The van der Waals surface area contributed by atoms with Gasteiger partial charge in [0, 0.05) is 5.56 Å². The van der Waals surface area contributed by atoms with E-state index in [1.807, 2.05) is 24.3 Å². The number of halogens is 1. The monoisotopic (exact) mass is 315 g/mol. The van der Waals surface area contributed by atoms with Crippen LogP contribution in [0, 0.1) is 0 Å². The summed E-state index contributed by atoms with van der Waals surface area (Å²) < 4.78 is 17.7. The van der Waals surface area contributed by atoms with Gasteiger partial charge in [-0.2, -0.15) is 15.0 Å². The lowest BCUT2D eigenvalue weighted by molar-refractivity contribution is 0.104. The molecule has 0 aliphatic rings. The summed E-state index contributed by atoms with van der Waals surface area (Å²) in [5, 5.41) is 23.2. The summed E-state index contributed by atoms with van der Waals surface area (Å²) in [6.07, 6.45) is 2.86. The highest BCUT2D eigenvalue weighted by atomic mass is 19.1. The Bertz CT molecular complexity index is 732. The molecule has 3 aromatic rings. The van der Waals surface area contributed by atoms with Gasteiger partial charge in [0.2, 0.25) is 5.82 Å². The van der Waals surface area contributed by atoms with Crippen molar-refractivity contribution in [1.29, 1.82) is 0 Å². The Labute approximate surface area is 131 Å². The van der Waals surface area contributed by atoms with Gasteiger partial charge in [-0.3, -0.25) is 0 Å². The van der Waals surface area contributed by atoms with Crippen LogP contribution in [0.15, 0.2) is 36.8 Å². The minimum atomic E-state index is -0.489. The predicted octanol–water partition coefficient (Wildman–Crippen LogP) is 1.21. The van der Waals surface area contributed by atoms with Gasteiger partial charge in [0.05, 0.1) is 26.0 Å². The quantitative estimate of drug-likeness (QED) is 0.647. The zero-order valence-corrected chi connectivity index (χ0v) is 12.2. The molecule has 0 amide bonds. The Morgan fingerprint density at radius 1 is 1.04 bits per heavy atom. The van der Waals surface area contributed by atoms with Gasteiger partial charge in [0.1, 0.15) is 12.4 Å². The van der Waals surface area contributed by atoms with Crippen LogP contribution in [0.1, 0.15) is 11.3 Å². The summed E-state index contributed by atoms with van der Waals surface area (Å²) in [7, 11) is 0. The van der Waals surface area contributed by atoms with Crippen LogP contribution in [-0.4, -0.2) is 42.1 Å². The van der Waals surface area contributed by atoms with Crippen molar-refractivity contribution in [2.45, 2.75) is 19.8 Å². The Morgan fingerprint density at radius 2 is 1.83 bits per heavy atom. The van der Waals surface area contributed by atoms with Gasteiger partial charge in [0.15, 0.2) is 6.33 Å². The molecule has 9 heteroatoms. The summed E-state index contributed by atoms with van der Waals surface area (Å²) in [6, 6.07) is 7.61. The molecule has 0 spiro atoms. The summed E-state index contributed by atoms with van der Waals surface area (Å²) >= 11 is 0. The number of hydrogen-bond donors (Lipinski definition) is 0. The first-order chi connectivity index (χ1) is 11.3. The number of rotatable bonds is 7. The predicted molar refractivity (Wildman–Crippen MR) is 77.5 cm³/mol. The topological polar surface area (TPSA) is 91.5 Å². The van der Waals surface area contributed by atoms with Crippen molar-refractivity contribution in [3.8, 4) is 11.4 Å². The second kappa shape index (κ2) is 7.45. The van der Waals surface area contributed by atoms with E-state index < -0.39 is 6.67 Å². The number of alkyl halides is 1. The van der Waals surface area contributed by atoms with Crippen LogP contribution in [0.3, 0.4) is 0 Å². The van der Waals surface area contributed by atoms with E-state index in [2.05, 4.69) is 30.6 Å². The molecule has 0 fully saturated rings. The molecule has 0 bridgehead atoms. The second-order valence-electron chi connectivity index (χ2n) is 4.68. The molecule has 8 nitrogen and oxygen atoms in total. The average molecular weight is 315 g/mol. The van der Waals surface area contributed by atoms with Gasteiger partial charge in [-0.15, -0.1) is 20.4 Å². The smallest absolute Gasteiger partial charge is 0.203 e. The molecule has 0 saturated carbocycles. The molecule has 2 heterocycles. The molecular formula is C14H14FN7O. The van der Waals surface area contributed by atoms with Crippen LogP contribution in [0.5, 0.6) is 0 Å². The number of aromatic nitrogens is 7. The van der Waals surface area contributed by atoms with Crippen molar-refractivity contribution in [3.63, 3.8) is 0 Å². The molecule has 23 heavy (non-hydrogen) atoms. The lowest BCUT2D eigenvalue weighted by atomic mass is 10.1. The van der Waals surface area contributed by atoms with Gasteiger partial charge in [-0.05, 0) is 5.56 Å².